The first-order valence-corrected chi connectivity index (χ1v) is 6.60. The first kappa shape index (κ1) is 15.9. The molecule has 0 aliphatic heterocycles. The molecule has 1 unspecified atom stereocenters. The number of aliphatic hydroxyl groups is 1. The number of hydrogen-bond donors (Lipinski definition) is 2. The van der Waals surface area contributed by atoms with Gasteiger partial charge in [-0.05, 0) is 44.0 Å². The minimum Gasteiger partial charge on any atom is -0.384 e. The zero-order valence-electron chi connectivity index (χ0n) is 12.1. The summed E-state index contributed by atoms with van der Waals surface area (Å²) in [6, 6.07) is 7.52. The van der Waals surface area contributed by atoms with Gasteiger partial charge in [0.15, 0.2) is 0 Å². The molecule has 20 heavy (non-hydrogen) atoms. The lowest BCUT2D eigenvalue weighted by Crippen LogP contribution is -2.24. The minimum absolute atomic E-state index is 0.403. The Kier molecular flexibility index (Phi) is 6.47. The number of carbonyl (C=O) groups is 1. The number of nitrogens with one attached hydrogen (secondary N) is 1. The monoisotopic (exact) mass is 271 g/mol. The van der Waals surface area contributed by atoms with E-state index >= 15 is 0 Å². The summed E-state index contributed by atoms with van der Waals surface area (Å²) in [5.74, 6) is -0.403. The summed E-state index contributed by atoms with van der Waals surface area (Å²) in [6.07, 6.45) is 8.92. The molecule has 0 heterocycles. The molecule has 1 aromatic rings. The summed E-state index contributed by atoms with van der Waals surface area (Å²) in [6.45, 7) is 5.44. The van der Waals surface area contributed by atoms with Crippen LogP contribution in [0.5, 0.6) is 0 Å². The summed E-state index contributed by atoms with van der Waals surface area (Å²) < 4.78 is 0. The SMILES string of the molecule is C\C=C/C=C\C=C(/C)c1ccc(NC(=O)C(C)O)cc1. The van der Waals surface area contributed by atoms with Crippen LogP contribution in [0, 0.1) is 0 Å². The third-order valence-corrected chi connectivity index (χ3v) is 2.75. The number of allylic oxidation sites excluding steroid dienone is 6. The van der Waals surface area contributed by atoms with E-state index in [0.717, 1.165) is 11.1 Å². The highest BCUT2D eigenvalue weighted by atomic mass is 16.3. The summed E-state index contributed by atoms with van der Waals surface area (Å²) in [5.41, 5.74) is 2.90. The van der Waals surface area contributed by atoms with Crippen molar-refractivity contribution in [3.05, 3.63) is 60.2 Å². The van der Waals surface area contributed by atoms with Gasteiger partial charge in [0.1, 0.15) is 6.10 Å². The summed E-state index contributed by atoms with van der Waals surface area (Å²) in [4.78, 5) is 11.3. The lowest BCUT2D eigenvalue weighted by atomic mass is 10.1. The van der Waals surface area contributed by atoms with Crippen molar-refractivity contribution in [3.8, 4) is 0 Å². The number of rotatable bonds is 5. The van der Waals surface area contributed by atoms with Crippen molar-refractivity contribution in [2.24, 2.45) is 0 Å². The zero-order chi connectivity index (χ0) is 15.0. The van der Waals surface area contributed by atoms with Crippen molar-refractivity contribution in [1.82, 2.24) is 0 Å². The van der Waals surface area contributed by atoms with Gasteiger partial charge in [0.05, 0.1) is 0 Å². The van der Waals surface area contributed by atoms with Gasteiger partial charge in [-0.1, -0.05) is 42.5 Å². The van der Waals surface area contributed by atoms with Gasteiger partial charge in [0, 0.05) is 5.69 Å². The van der Waals surface area contributed by atoms with Crippen LogP contribution in [-0.2, 0) is 4.79 Å². The Labute approximate surface area is 120 Å². The second-order valence-electron chi connectivity index (χ2n) is 4.50. The third kappa shape index (κ3) is 5.24. The topological polar surface area (TPSA) is 49.3 Å². The van der Waals surface area contributed by atoms with E-state index in [2.05, 4.69) is 5.32 Å². The Morgan fingerprint density at radius 1 is 1.20 bits per heavy atom. The second-order valence-corrected chi connectivity index (χ2v) is 4.50. The number of amides is 1. The molecule has 0 aromatic heterocycles. The molecule has 1 amide bonds. The molecule has 1 aromatic carbocycles. The fourth-order valence-corrected chi connectivity index (χ4v) is 1.53. The molecule has 0 bridgehead atoms. The Balaban J connectivity index is 2.73. The summed E-state index contributed by atoms with van der Waals surface area (Å²) in [7, 11) is 0. The average molecular weight is 271 g/mol. The number of hydrogen-bond acceptors (Lipinski definition) is 2. The first-order chi connectivity index (χ1) is 9.54. The number of benzene rings is 1. The van der Waals surface area contributed by atoms with E-state index in [-0.39, 0.29) is 0 Å². The molecule has 0 aliphatic rings. The van der Waals surface area contributed by atoms with Gasteiger partial charge < -0.3 is 10.4 Å². The molecular weight excluding hydrogens is 250 g/mol. The van der Waals surface area contributed by atoms with Crippen molar-refractivity contribution in [2.45, 2.75) is 26.9 Å². The van der Waals surface area contributed by atoms with Crippen molar-refractivity contribution >= 4 is 17.2 Å². The van der Waals surface area contributed by atoms with Crippen LogP contribution in [0.1, 0.15) is 26.3 Å². The average Bonchev–Trinajstić information content (AvgIpc) is 2.44. The quantitative estimate of drug-likeness (QED) is 0.805. The maximum atomic E-state index is 11.3. The van der Waals surface area contributed by atoms with Crippen LogP contribution in [0.3, 0.4) is 0 Å². The number of aliphatic hydroxyl groups excluding tert-OH is 1. The molecule has 2 N–H and O–H groups in total. The van der Waals surface area contributed by atoms with Gasteiger partial charge in [-0.2, -0.15) is 0 Å². The molecule has 0 saturated heterocycles. The predicted molar refractivity (Wildman–Crippen MR) is 84.4 cm³/mol. The zero-order valence-corrected chi connectivity index (χ0v) is 12.1. The highest BCUT2D eigenvalue weighted by Crippen LogP contribution is 2.17. The Morgan fingerprint density at radius 3 is 2.40 bits per heavy atom. The van der Waals surface area contributed by atoms with Gasteiger partial charge in [0.25, 0.3) is 5.91 Å². The number of carbonyl (C=O) groups excluding carboxylic acids is 1. The highest BCUT2D eigenvalue weighted by molar-refractivity contribution is 5.93. The molecule has 106 valence electrons. The molecular formula is C17H21NO2. The van der Waals surface area contributed by atoms with E-state index in [9.17, 15) is 4.79 Å². The van der Waals surface area contributed by atoms with Gasteiger partial charge in [0.2, 0.25) is 0 Å². The van der Waals surface area contributed by atoms with Gasteiger partial charge in [-0.25, -0.2) is 0 Å². The van der Waals surface area contributed by atoms with E-state index < -0.39 is 12.0 Å². The van der Waals surface area contributed by atoms with Crippen LogP contribution in [0.15, 0.2) is 54.6 Å². The van der Waals surface area contributed by atoms with E-state index in [4.69, 9.17) is 5.11 Å². The lowest BCUT2D eigenvalue weighted by molar-refractivity contribution is -0.123. The molecule has 3 nitrogen and oxygen atoms in total. The standard InChI is InChI=1S/C17H21NO2/c1-4-5-6-7-8-13(2)15-9-11-16(12-10-15)18-17(20)14(3)19/h4-12,14,19H,1-3H3,(H,18,20)/b5-4-,7-6-,13-8+. The third-order valence-electron chi connectivity index (χ3n) is 2.75. The fourth-order valence-electron chi connectivity index (χ4n) is 1.53. The minimum atomic E-state index is -1.01. The maximum Gasteiger partial charge on any atom is 0.252 e. The molecule has 1 atom stereocenters. The van der Waals surface area contributed by atoms with Crippen molar-refractivity contribution < 1.29 is 9.90 Å². The van der Waals surface area contributed by atoms with Crippen LogP contribution in [0.2, 0.25) is 0 Å². The Bertz CT molecular complexity index is 522. The molecule has 3 heteroatoms. The van der Waals surface area contributed by atoms with Gasteiger partial charge >= 0.3 is 0 Å². The van der Waals surface area contributed by atoms with E-state index in [1.165, 1.54) is 6.92 Å². The van der Waals surface area contributed by atoms with E-state index in [1.54, 1.807) is 0 Å². The lowest BCUT2D eigenvalue weighted by Gasteiger charge is -2.08. The Morgan fingerprint density at radius 2 is 1.85 bits per heavy atom. The normalized spacial score (nSPS) is 13.9. The van der Waals surface area contributed by atoms with Crippen LogP contribution in [0.25, 0.3) is 5.57 Å². The van der Waals surface area contributed by atoms with Crippen molar-refractivity contribution in [2.75, 3.05) is 5.32 Å². The Hall–Kier alpha value is -2.13. The smallest absolute Gasteiger partial charge is 0.252 e. The van der Waals surface area contributed by atoms with Gasteiger partial charge in [-0.15, -0.1) is 0 Å². The first-order valence-electron chi connectivity index (χ1n) is 6.60. The maximum absolute atomic E-state index is 11.3. The fraction of sp³-hybridized carbons (Fsp3) is 0.235. The molecule has 1 rings (SSSR count). The predicted octanol–water partition coefficient (Wildman–Crippen LogP) is 3.54. The molecule has 0 saturated carbocycles. The van der Waals surface area contributed by atoms with E-state index in [0.29, 0.717) is 5.69 Å². The van der Waals surface area contributed by atoms with Crippen LogP contribution < -0.4 is 5.32 Å². The molecule has 0 aliphatic carbocycles. The molecule has 0 radical (unpaired) electrons. The molecule has 0 spiro atoms. The van der Waals surface area contributed by atoms with Crippen LogP contribution in [-0.4, -0.2) is 17.1 Å². The summed E-state index contributed by atoms with van der Waals surface area (Å²) >= 11 is 0. The van der Waals surface area contributed by atoms with E-state index in [1.807, 2.05) is 68.5 Å². The molecule has 0 fully saturated rings. The van der Waals surface area contributed by atoms with Crippen LogP contribution in [0.4, 0.5) is 5.69 Å². The van der Waals surface area contributed by atoms with Crippen molar-refractivity contribution in [1.29, 1.82) is 0 Å². The van der Waals surface area contributed by atoms with Crippen molar-refractivity contribution in [3.63, 3.8) is 0 Å². The van der Waals surface area contributed by atoms with Gasteiger partial charge in [-0.3, -0.25) is 4.79 Å². The largest absolute Gasteiger partial charge is 0.384 e. The highest BCUT2D eigenvalue weighted by Gasteiger charge is 2.08. The summed E-state index contributed by atoms with van der Waals surface area (Å²) in [5, 5.41) is 11.8. The second kappa shape index (κ2) is 8.12. The number of anilines is 1. The van der Waals surface area contributed by atoms with Crippen LogP contribution >= 0.6 is 0 Å².